The zero-order valence-corrected chi connectivity index (χ0v) is 13.0. The molecule has 116 valence electrons. The first-order chi connectivity index (χ1) is 9.97. The maximum atomic E-state index is 12.6. The summed E-state index contributed by atoms with van der Waals surface area (Å²) in [6, 6.07) is 1.86. The van der Waals surface area contributed by atoms with Gasteiger partial charge in [-0.25, -0.2) is 0 Å². The van der Waals surface area contributed by atoms with E-state index >= 15 is 0 Å². The van der Waals surface area contributed by atoms with E-state index in [1.165, 1.54) is 0 Å². The molecule has 2 rings (SSSR count). The Labute approximate surface area is 125 Å². The van der Waals surface area contributed by atoms with Crippen LogP contribution in [0.5, 0.6) is 5.75 Å². The van der Waals surface area contributed by atoms with E-state index in [1.807, 2.05) is 18.7 Å². The highest BCUT2D eigenvalue weighted by Gasteiger charge is 2.30. The second-order valence-corrected chi connectivity index (χ2v) is 5.96. The van der Waals surface area contributed by atoms with E-state index in [-0.39, 0.29) is 18.1 Å². The molecule has 1 aliphatic heterocycles. The maximum absolute atomic E-state index is 12.6. The maximum Gasteiger partial charge on any atom is 0.255 e. The molecule has 0 bridgehead atoms. The van der Waals surface area contributed by atoms with Crippen LogP contribution in [-0.4, -0.2) is 45.7 Å². The lowest BCUT2D eigenvalue weighted by molar-refractivity contribution is 0.0681. The van der Waals surface area contributed by atoms with Crippen LogP contribution in [0.1, 0.15) is 50.4 Å². The Hall–Kier alpha value is -1.62. The second kappa shape index (κ2) is 6.89. The fraction of sp³-hybridized carbons (Fsp3) is 0.625. The van der Waals surface area contributed by atoms with Gasteiger partial charge in [-0.2, -0.15) is 0 Å². The van der Waals surface area contributed by atoms with Crippen LogP contribution in [-0.2, 0) is 0 Å². The number of likely N-dealkylation sites (tertiary alicyclic amines) is 1. The van der Waals surface area contributed by atoms with Gasteiger partial charge in [0.1, 0.15) is 5.75 Å². The van der Waals surface area contributed by atoms with Crippen molar-refractivity contribution in [3.63, 3.8) is 0 Å². The van der Waals surface area contributed by atoms with Crippen molar-refractivity contribution in [2.75, 3.05) is 6.54 Å². The van der Waals surface area contributed by atoms with Gasteiger partial charge in [0, 0.05) is 18.8 Å². The lowest BCUT2D eigenvalue weighted by Gasteiger charge is -2.25. The van der Waals surface area contributed by atoms with Crippen molar-refractivity contribution >= 4 is 5.91 Å². The van der Waals surface area contributed by atoms with Gasteiger partial charge >= 0.3 is 0 Å². The Morgan fingerprint density at radius 2 is 2.24 bits per heavy atom. The van der Waals surface area contributed by atoms with Gasteiger partial charge in [0.2, 0.25) is 0 Å². The quantitative estimate of drug-likeness (QED) is 0.904. The summed E-state index contributed by atoms with van der Waals surface area (Å²) in [4.78, 5) is 18.6. The number of hydrogen-bond donors (Lipinski definition) is 1. The topological polar surface area (TPSA) is 62.7 Å². The molecule has 0 radical (unpaired) electrons. The standard InChI is InChI=1S/C16H24N2O3/c1-11(2)21-15-8-13(9-17-10-15)16(20)18-6-4-5-14(18)7-12(3)19/h8-12,14,19H,4-7H2,1-3H3. The predicted molar refractivity (Wildman–Crippen MR) is 80.4 cm³/mol. The van der Waals surface area contributed by atoms with Crippen molar-refractivity contribution in [3.05, 3.63) is 24.0 Å². The van der Waals surface area contributed by atoms with E-state index in [4.69, 9.17) is 4.74 Å². The van der Waals surface area contributed by atoms with Crippen molar-refractivity contribution in [1.29, 1.82) is 0 Å². The number of carbonyl (C=O) groups excluding carboxylic acids is 1. The lowest BCUT2D eigenvalue weighted by atomic mass is 10.1. The molecule has 5 heteroatoms. The van der Waals surface area contributed by atoms with E-state index < -0.39 is 6.10 Å². The zero-order chi connectivity index (χ0) is 15.4. The van der Waals surface area contributed by atoms with Gasteiger partial charge in [0.25, 0.3) is 5.91 Å². The number of nitrogens with zero attached hydrogens (tertiary/aromatic N) is 2. The van der Waals surface area contributed by atoms with Gasteiger partial charge in [0.15, 0.2) is 0 Å². The number of rotatable bonds is 5. The van der Waals surface area contributed by atoms with E-state index in [0.717, 1.165) is 19.4 Å². The molecule has 1 saturated heterocycles. The summed E-state index contributed by atoms with van der Waals surface area (Å²) in [5, 5.41) is 9.56. The molecular weight excluding hydrogens is 268 g/mol. The van der Waals surface area contributed by atoms with Gasteiger partial charge in [-0.05, 0) is 46.1 Å². The highest BCUT2D eigenvalue weighted by Crippen LogP contribution is 2.24. The molecule has 0 aliphatic carbocycles. The molecule has 2 unspecified atom stereocenters. The van der Waals surface area contributed by atoms with Crippen LogP contribution in [0.3, 0.4) is 0 Å². The number of ether oxygens (including phenoxy) is 1. The number of hydrogen-bond acceptors (Lipinski definition) is 4. The van der Waals surface area contributed by atoms with Crippen molar-refractivity contribution < 1.29 is 14.6 Å². The van der Waals surface area contributed by atoms with Gasteiger partial charge in [0.05, 0.1) is 24.0 Å². The highest BCUT2D eigenvalue weighted by molar-refractivity contribution is 5.94. The van der Waals surface area contributed by atoms with Crippen LogP contribution in [0.4, 0.5) is 0 Å². The predicted octanol–water partition coefficient (Wildman–Crippen LogP) is 2.24. The van der Waals surface area contributed by atoms with Crippen LogP contribution < -0.4 is 4.74 Å². The van der Waals surface area contributed by atoms with E-state index in [9.17, 15) is 9.90 Å². The third kappa shape index (κ3) is 4.17. The smallest absolute Gasteiger partial charge is 0.255 e. The summed E-state index contributed by atoms with van der Waals surface area (Å²) >= 11 is 0. The van der Waals surface area contributed by atoms with Crippen LogP contribution in [0.25, 0.3) is 0 Å². The Bertz CT molecular complexity index is 488. The van der Waals surface area contributed by atoms with Crippen LogP contribution in [0, 0.1) is 0 Å². The summed E-state index contributed by atoms with van der Waals surface area (Å²) in [6.45, 7) is 6.38. The first kappa shape index (κ1) is 15.8. The average molecular weight is 292 g/mol. The fourth-order valence-electron chi connectivity index (χ4n) is 2.78. The van der Waals surface area contributed by atoms with Crippen molar-refractivity contribution in [3.8, 4) is 5.75 Å². The number of aromatic nitrogens is 1. The first-order valence-corrected chi connectivity index (χ1v) is 7.58. The number of amides is 1. The SMILES string of the molecule is CC(O)CC1CCCN1C(=O)c1cncc(OC(C)C)c1. The number of aliphatic hydroxyl groups is 1. The number of pyridine rings is 1. The molecule has 1 aromatic rings. The van der Waals surface area contributed by atoms with Crippen molar-refractivity contribution in [1.82, 2.24) is 9.88 Å². The van der Waals surface area contributed by atoms with Crippen molar-refractivity contribution in [2.45, 2.75) is 58.3 Å². The van der Waals surface area contributed by atoms with E-state index in [0.29, 0.717) is 17.7 Å². The Morgan fingerprint density at radius 3 is 2.90 bits per heavy atom. The summed E-state index contributed by atoms with van der Waals surface area (Å²) in [6.07, 6.45) is 5.41. The minimum atomic E-state index is -0.392. The zero-order valence-electron chi connectivity index (χ0n) is 13.0. The number of carbonyl (C=O) groups is 1. The second-order valence-electron chi connectivity index (χ2n) is 5.96. The molecule has 1 amide bonds. The summed E-state index contributed by atoms with van der Waals surface area (Å²) in [7, 11) is 0. The summed E-state index contributed by atoms with van der Waals surface area (Å²) in [5.74, 6) is 0.585. The molecule has 1 aromatic heterocycles. The molecule has 2 atom stereocenters. The minimum absolute atomic E-state index is 0.0279. The van der Waals surface area contributed by atoms with Gasteiger partial charge in [-0.15, -0.1) is 0 Å². The molecule has 2 heterocycles. The molecule has 0 saturated carbocycles. The largest absolute Gasteiger partial charge is 0.489 e. The molecule has 1 aliphatic rings. The third-order valence-corrected chi connectivity index (χ3v) is 3.58. The molecule has 1 fully saturated rings. The van der Waals surface area contributed by atoms with Gasteiger partial charge in [-0.3, -0.25) is 9.78 Å². The average Bonchev–Trinajstić information content (AvgIpc) is 2.84. The normalized spacial score (nSPS) is 19.9. The lowest BCUT2D eigenvalue weighted by Crippen LogP contribution is -2.37. The Kier molecular flexibility index (Phi) is 5.17. The molecule has 5 nitrogen and oxygen atoms in total. The van der Waals surface area contributed by atoms with Crippen LogP contribution in [0.2, 0.25) is 0 Å². The van der Waals surface area contributed by atoms with Gasteiger partial charge < -0.3 is 14.7 Å². The molecule has 0 spiro atoms. The Balaban J connectivity index is 2.11. The Morgan fingerprint density at radius 1 is 1.48 bits per heavy atom. The fourth-order valence-corrected chi connectivity index (χ4v) is 2.78. The molecule has 21 heavy (non-hydrogen) atoms. The van der Waals surface area contributed by atoms with E-state index in [2.05, 4.69) is 4.98 Å². The molecule has 0 aromatic carbocycles. The van der Waals surface area contributed by atoms with Crippen LogP contribution in [0.15, 0.2) is 18.5 Å². The number of aliphatic hydroxyl groups excluding tert-OH is 1. The van der Waals surface area contributed by atoms with Crippen molar-refractivity contribution in [2.24, 2.45) is 0 Å². The highest BCUT2D eigenvalue weighted by atomic mass is 16.5. The molecule has 1 N–H and O–H groups in total. The minimum Gasteiger partial charge on any atom is -0.489 e. The summed E-state index contributed by atoms with van der Waals surface area (Å²) < 4.78 is 5.59. The molecular formula is C16H24N2O3. The van der Waals surface area contributed by atoms with E-state index in [1.54, 1.807) is 25.4 Å². The van der Waals surface area contributed by atoms with Gasteiger partial charge in [-0.1, -0.05) is 0 Å². The van der Waals surface area contributed by atoms with Crippen LogP contribution >= 0.6 is 0 Å². The monoisotopic (exact) mass is 292 g/mol. The summed E-state index contributed by atoms with van der Waals surface area (Å²) in [5.41, 5.74) is 0.547. The first-order valence-electron chi connectivity index (χ1n) is 7.58. The third-order valence-electron chi connectivity index (χ3n) is 3.58.